The van der Waals surface area contributed by atoms with E-state index in [-0.39, 0.29) is 12.5 Å². The van der Waals surface area contributed by atoms with Gasteiger partial charge in [-0.3, -0.25) is 13.9 Å². The molecule has 0 saturated carbocycles. The predicted octanol–water partition coefficient (Wildman–Crippen LogP) is 3.62. The standard InChI is InChI=1S/C25H34FN3O4S/c1-7-22(24(31)27-25(3,4)5)28(16-19-11-13-20(26)14-12-19)23(30)17-29(34(6,32)33)21-10-8-9-18(2)15-21/h8-15,22H,7,16-17H2,1-6H3,(H,27,31)/t22-/m0/s1. The summed E-state index contributed by atoms with van der Waals surface area (Å²) in [4.78, 5) is 28.0. The molecule has 2 aromatic rings. The molecule has 2 aromatic carbocycles. The first-order valence-electron chi connectivity index (χ1n) is 11.1. The molecular formula is C25H34FN3O4S. The van der Waals surface area contributed by atoms with Crippen molar-refractivity contribution in [2.75, 3.05) is 17.1 Å². The van der Waals surface area contributed by atoms with Gasteiger partial charge >= 0.3 is 0 Å². The normalized spacial score (nSPS) is 12.7. The molecule has 0 heterocycles. The molecule has 9 heteroatoms. The summed E-state index contributed by atoms with van der Waals surface area (Å²) in [6.07, 6.45) is 1.36. The number of amides is 2. The highest BCUT2D eigenvalue weighted by Crippen LogP contribution is 2.21. The molecule has 0 unspecified atom stereocenters. The van der Waals surface area contributed by atoms with Crippen molar-refractivity contribution >= 4 is 27.5 Å². The van der Waals surface area contributed by atoms with Crippen molar-refractivity contribution in [3.05, 3.63) is 65.5 Å². The minimum absolute atomic E-state index is 0.0284. The third-order valence-electron chi connectivity index (χ3n) is 5.12. The van der Waals surface area contributed by atoms with Gasteiger partial charge in [-0.15, -0.1) is 0 Å². The van der Waals surface area contributed by atoms with Crippen LogP contribution in [0.3, 0.4) is 0 Å². The van der Waals surface area contributed by atoms with Crippen LogP contribution in [-0.2, 0) is 26.2 Å². The zero-order chi connectivity index (χ0) is 25.7. The van der Waals surface area contributed by atoms with Gasteiger partial charge in [0.1, 0.15) is 18.4 Å². The number of aryl methyl sites for hydroxylation is 1. The molecule has 0 bridgehead atoms. The molecule has 34 heavy (non-hydrogen) atoms. The number of hydrogen-bond acceptors (Lipinski definition) is 4. The summed E-state index contributed by atoms with van der Waals surface area (Å²) >= 11 is 0. The van der Waals surface area contributed by atoms with Crippen molar-refractivity contribution in [3.8, 4) is 0 Å². The van der Waals surface area contributed by atoms with Gasteiger partial charge in [0.2, 0.25) is 21.8 Å². The summed E-state index contributed by atoms with van der Waals surface area (Å²) < 4.78 is 39.6. The van der Waals surface area contributed by atoms with Gasteiger partial charge in [-0.25, -0.2) is 12.8 Å². The Bertz CT molecular complexity index is 1110. The molecule has 1 N–H and O–H groups in total. The van der Waals surface area contributed by atoms with Crippen LogP contribution in [0.1, 0.15) is 45.2 Å². The molecule has 0 aliphatic rings. The third kappa shape index (κ3) is 7.83. The molecule has 0 fully saturated rings. The van der Waals surface area contributed by atoms with Crippen molar-refractivity contribution < 1.29 is 22.4 Å². The summed E-state index contributed by atoms with van der Waals surface area (Å²) in [6, 6.07) is 11.7. The molecule has 0 saturated heterocycles. The lowest BCUT2D eigenvalue weighted by atomic mass is 10.1. The number of halogens is 1. The van der Waals surface area contributed by atoms with Gasteiger partial charge in [-0.1, -0.05) is 31.2 Å². The lowest BCUT2D eigenvalue weighted by molar-refractivity contribution is -0.141. The number of carbonyl (C=O) groups excluding carboxylic acids is 2. The van der Waals surface area contributed by atoms with E-state index in [4.69, 9.17) is 0 Å². The van der Waals surface area contributed by atoms with E-state index in [2.05, 4.69) is 5.32 Å². The minimum atomic E-state index is -3.79. The average molecular weight is 492 g/mol. The molecule has 0 aromatic heterocycles. The molecule has 1 atom stereocenters. The zero-order valence-electron chi connectivity index (χ0n) is 20.6. The first-order chi connectivity index (χ1) is 15.7. The van der Waals surface area contributed by atoms with E-state index < -0.39 is 39.9 Å². The number of nitrogens with zero attached hydrogens (tertiary/aromatic N) is 2. The monoisotopic (exact) mass is 491 g/mol. The van der Waals surface area contributed by atoms with E-state index in [9.17, 15) is 22.4 Å². The fraction of sp³-hybridized carbons (Fsp3) is 0.440. The van der Waals surface area contributed by atoms with E-state index in [0.717, 1.165) is 16.1 Å². The fourth-order valence-corrected chi connectivity index (χ4v) is 4.40. The third-order valence-corrected chi connectivity index (χ3v) is 6.26. The maximum Gasteiger partial charge on any atom is 0.244 e. The maximum absolute atomic E-state index is 13.6. The predicted molar refractivity (Wildman–Crippen MR) is 132 cm³/mol. The Kier molecular flexibility index (Phi) is 8.83. The van der Waals surface area contributed by atoms with E-state index in [1.54, 1.807) is 37.3 Å². The lowest BCUT2D eigenvalue weighted by Crippen LogP contribution is -2.55. The second-order valence-corrected chi connectivity index (χ2v) is 11.3. The van der Waals surface area contributed by atoms with Crippen LogP contribution in [0.25, 0.3) is 0 Å². The molecular weight excluding hydrogens is 457 g/mol. The molecule has 0 radical (unpaired) electrons. The van der Waals surface area contributed by atoms with Gasteiger partial charge in [-0.05, 0) is 69.5 Å². The van der Waals surface area contributed by atoms with Crippen molar-refractivity contribution in [2.24, 2.45) is 0 Å². The Morgan fingerprint density at radius 3 is 2.21 bits per heavy atom. The van der Waals surface area contributed by atoms with Gasteiger partial charge in [0.25, 0.3) is 0 Å². The number of carbonyl (C=O) groups is 2. The van der Waals surface area contributed by atoms with E-state index in [0.29, 0.717) is 17.7 Å². The Morgan fingerprint density at radius 1 is 1.09 bits per heavy atom. The van der Waals surface area contributed by atoms with Crippen LogP contribution < -0.4 is 9.62 Å². The highest BCUT2D eigenvalue weighted by molar-refractivity contribution is 7.92. The zero-order valence-corrected chi connectivity index (χ0v) is 21.4. The van der Waals surface area contributed by atoms with E-state index in [1.165, 1.54) is 17.0 Å². The first kappa shape index (κ1) is 27.3. The van der Waals surface area contributed by atoms with Gasteiger partial charge in [0.05, 0.1) is 11.9 Å². The number of hydrogen-bond donors (Lipinski definition) is 1. The molecule has 2 amide bonds. The highest BCUT2D eigenvalue weighted by atomic mass is 32.2. The first-order valence-corrected chi connectivity index (χ1v) is 13.0. The van der Waals surface area contributed by atoms with Crippen LogP contribution in [-0.4, -0.2) is 49.5 Å². The average Bonchev–Trinajstić information content (AvgIpc) is 2.71. The molecule has 2 rings (SSSR count). The van der Waals surface area contributed by atoms with Crippen LogP contribution in [0.5, 0.6) is 0 Å². The molecule has 186 valence electrons. The lowest BCUT2D eigenvalue weighted by Gasteiger charge is -2.34. The van der Waals surface area contributed by atoms with Crippen LogP contribution in [0.15, 0.2) is 48.5 Å². The van der Waals surface area contributed by atoms with Gasteiger partial charge in [-0.2, -0.15) is 0 Å². The number of benzene rings is 2. The summed E-state index contributed by atoms with van der Waals surface area (Å²) in [6.45, 7) is 8.69. The van der Waals surface area contributed by atoms with Crippen LogP contribution in [0.2, 0.25) is 0 Å². The second kappa shape index (κ2) is 11.0. The van der Waals surface area contributed by atoms with Crippen LogP contribution in [0.4, 0.5) is 10.1 Å². The van der Waals surface area contributed by atoms with Gasteiger partial charge < -0.3 is 10.2 Å². The number of rotatable bonds is 9. The number of nitrogens with one attached hydrogen (secondary N) is 1. The summed E-state index contributed by atoms with van der Waals surface area (Å²) in [7, 11) is -3.79. The Labute approximate surface area is 202 Å². The van der Waals surface area contributed by atoms with Crippen LogP contribution in [0, 0.1) is 12.7 Å². The molecule has 0 spiro atoms. The number of sulfonamides is 1. The Hall–Kier alpha value is -2.94. The minimum Gasteiger partial charge on any atom is -0.350 e. The van der Waals surface area contributed by atoms with Crippen LogP contribution >= 0.6 is 0 Å². The maximum atomic E-state index is 13.6. The Balaban J connectivity index is 2.45. The van der Waals surface area contributed by atoms with Crippen molar-refractivity contribution in [1.82, 2.24) is 10.2 Å². The second-order valence-electron chi connectivity index (χ2n) is 9.42. The molecule has 7 nitrogen and oxygen atoms in total. The SMILES string of the molecule is CC[C@@H](C(=O)NC(C)(C)C)N(Cc1ccc(F)cc1)C(=O)CN(c1cccc(C)c1)S(C)(=O)=O. The molecule has 0 aliphatic carbocycles. The smallest absolute Gasteiger partial charge is 0.244 e. The fourth-order valence-electron chi connectivity index (χ4n) is 3.56. The topological polar surface area (TPSA) is 86.8 Å². The highest BCUT2D eigenvalue weighted by Gasteiger charge is 2.33. The Morgan fingerprint density at radius 2 is 1.71 bits per heavy atom. The van der Waals surface area contributed by atoms with E-state index in [1.807, 2.05) is 33.8 Å². The van der Waals surface area contributed by atoms with E-state index >= 15 is 0 Å². The summed E-state index contributed by atoms with van der Waals surface area (Å²) in [5.41, 5.74) is 1.32. The van der Waals surface area contributed by atoms with Crippen molar-refractivity contribution in [3.63, 3.8) is 0 Å². The quantitative estimate of drug-likeness (QED) is 0.581. The van der Waals surface area contributed by atoms with Crippen molar-refractivity contribution in [2.45, 2.75) is 59.2 Å². The van der Waals surface area contributed by atoms with Crippen molar-refractivity contribution in [1.29, 1.82) is 0 Å². The van der Waals surface area contributed by atoms with Gasteiger partial charge in [0.15, 0.2) is 0 Å². The summed E-state index contributed by atoms with van der Waals surface area (Å²) in [5.74, 6) is -1.29. The molecule has 0 aliphatic heterocycles. The number of anilines is 1. The van der Waals surface area contributed by atoms with Gasteiger partial charge in [0, 0.05) is 12.1 Å². The summed E-state index contributed by atoms with van der Waals surface area (Å²) in [5, 5.41) is 2.90. The largest absolute Gasteiger partial charge is 0.350 e.